The molecule has 0 saturated carbocycles. The molecule has 3 N–H and O–H groups in total. The number of hydrogen-bond acceptors (Lipinski definition) is 4. The maximum absolute atomic E-state index is 13.3. The lowest BCUT2D eigenvalue weighted by atomic mass is 10.1. The van der Waals surface area contributed by atoms with Gasteiger partial charge in [-0.15, -0.1) is 0 Å². The molecule has 31 heavy (non-hydrogen) atoms. The Hall–Kier alpha value is -4.53. The molecule has 0 bridgehead atoms. The standard InChI is InChI=1S/C22H15FN4O4/c23-14-4-2-6-16(10-14)25-21(28)13-3-1-5-15(9-13)26-22(29)19-12-24-20-8-7-17(27(30)31)11-18(19)20/h1-12,24H,(H,25,28)(H,26,29). The Kier molecular flexibility index (Phi) is 5.15. The number of nitro groups is 1. The summed E-state index contributed by atoms with van der Waals surface area (Å²) >= 11 is 0. The molecular weight excluding hydrogens is 403 g/mol. The largest absolute Gasteiger partial charge is 0.360 e. The van der Waals surface area contributed by atoms with Crippen LogP contribution in [0.15, 0.2) is 72.9 Å². The minimum Gasteiger partial charge on any atom is -0.360 e. The highest BCUT2D eigenvalue weighted by atomic mass is 19.1. The number of amides is 2. The molecule has 0 unspecified atom stereocenters. The van der Waals surface area contributed by atoms with Gasteiger partial charge in [-0.3, -0.25) is 19.7 Å². The number of anilines is 2. The highest BCUT2D eigenvalue weighted by Crippen LogP contribution is 2.24. The Morgan fingerprint density at radius 2 is 1.61 bits per heavy atom. The Bertz CT molecular complexity index is 1330. The minimum atomic E-state index is -0.533. The third-order valence-corrected chi connectivity index (χ3v) is 4.59. The molecular formula is C22H15FN4O4. The van der Waals surface area contributed by atoms with Crippen LogP contribution >= 0.6 is 0 Å². The van der Waals surface area contributed by atoms with Crippen LogP contribution in [0.3, 0.4) is 0 Å². The van der Waals surface area contributed by atoms with Gasteiger partial charge in [-0.2, -0.15) is 0 Å². The van der Waals surface area contributed by atoms with Gasteiger partial charge in [0.2, 0.25) is 0 Å². The van der Waals surface area contributed by atoms with Gasteiger partial charge >= 0.3 is 0 Å². The quantitative estimate of drug-likeness (QED) is 0.321. The minimum absolute atomic E-state index is 0.128. The summed E-state index contributed by atoms with van der Waals surface area (Å²) < 4.78 is 13.3. The summed E-state index contributed by atoms with van der Waals surface area (Å²) in [5.74, 6) is -1.43. The van der Waals surface area contributed by atoms with Gasteiger partial charge in [0.25, 0.3) is 17.5 Å². The zero-order valence-electron chi connectivity index (χ0n) is 15.9. The average Bonchev–Trinajstić information content (AvgIpc) is 3.17. The van der Waals surface area contributed by atoms with Crippen molar-refractivity contribution in [3.05, 3.63) is 100.0 Å². The van der Waals surface area contributed by atoms with Crippen LogP contribution in [0.1, 0.15) is 20.7 Å². The van der Waals surface area contributed by atoms with Crippen LogP contribution in [0.25, 0.3) is 10.9 Å². The molecule has 0 aliphatic rings. The second-order valence-electron chi connectivity index (χ2n) is 6.69. The van der Waals surface area contributed by atoms with Gasteiger partial charge in [0.15, 0.2) is 0 Å². The van der Waals surface area contributed by atoms with Crippen LogP contribution in [-0.4, -0.2) is 21.7 Å². The number of benzene rings is 3. The molecule has 0 aliphatic heterocycles. The number of H-pyrrole nitrogens is 1. The van der Waals surface area contributed by atoms with Crippen LogP contribution in [0.5, 0.6) is 0 Å². The third kappa shape index (κ3) is 4.25. The molecule has 1 aromatic heterocycles. The summed E-state index contributed by atoms with van der Waals surface area (Å²) in [6.07, 6.45) is 1.46. The number of hydrogen-bond donors (Lipinski definition) is 3. The van der Waals surface area contributed by atoms with Crippen molar-refractivity contribution in [2.24, 2.45) is 0 Å². The van der Waals surface area contributed by atoms with Crippen molar-refractivity contribution in [1.82, 2.24) is 4.98 Å². The summed E-state index contributed by atoms with van der Waals surface area (Å²) in [5.41, 5.74) is 1.61. The molecule has 0 saturated heterocycles. The first-order valence-electron chi connectivity index (χ1n) is 9.14. The Labute approximate surface area is 174 Å². The summed E-state index contributed by atoms with van der Waals surface area (Å²) in [5, 5.41) is 16.7. The molecule has 0 aliphatic carbocycles. The first-order valence-corrected chi connectivity index (χ1v) is 9.14. The van der Waals surface area contributed by atoms with Crippen molar-refractivity contribution in [3.8, 4) is 0 Å². The van der Waals surface area contributed by atoms with Crippen LogP contribution < -0.4 is 10.6 Å². The lowest BCUT2D eigenvalue weighted by molar-refractivity contribution is -0.384. The molecule has 4 rings (SSSR count). The van der Waals surface area contributed by atoms with Crippen molar-refractivity contribution in [2.75, 3.05) is 10.6 Å². The number of nitrogens with zero attached hydrogens (tertiary/aromatic N) is 1. The van der Waals surface area contributed by atoms with E-state index in [1.54, 1.807) is 24.3 Å². The third-order valence-electron chi connectivity index (χ3n) is 4.59. The van der Waals surface area contributed by atoms with E-state index in [0.717, 1.165) is 0 Å². The topological polar surface area (TPSA) is 117 Å². The number of carbonyl (C=O) groups excluding carboxylic acids is 2. The number of rotatable bonds is 5. The number of aromatic amines is 1. The number of fused-ring (bicyclic) bond motifs is 1. The van der Waals surface area contributed by atoms with E-state index < -0.39 is 22.6 Å². The van der Waals surface area contributed by atoms with Gasteiger partial charge in [-0.25, -0.2) is 4.39 Å². The maximum atomic E-state index is 13.3. The summed E-state index contributed by atoms with van der Waals surface area (Å²) in [6, 6.07) is 15.9. The molecule has 0 spiro atoms. The van der Waals surface area contributed by atoms with Gasteiger partial charge in [-0.1, -0.05) is 12.1 Å². The van der Waals surface area contributed by atoms with E-state index >= 15 is 0 Å². The van der Waals surface area contributed by atoms with E-state index in [0.29, 0.717) is 22.3 Å². The van der Waals surface area contributed by atoms with E-state index in [1.807, 2.05) is 0 Å². The molecule has 4 aromatic rings. The molecule has 1 heterocycles. The van der Waals surface area contributed by atoms with Crippen molar-refractivity contribution in [3.63, 3.8) is 0 Å². The molecule has 3 aromatic carbocycles. The van der Waals surface area contributed by atoms with E-state index in [2.05, 4.69) is 15.6 Å². The molecule has 9 heteroatoms. The highest BCUT2D eigenvalue weighted by Gasteiger charge is 2.16. The SMILES string of the molecule is O=C(Nc1cccc(F)c1)c1cccc(NC(=O)c2c[nH]c3ccc([N+](=O)[O-])cc23)c1. The number of nitrogens with one attached hydrogen (secondary N) is 3. The zero-order chi connectivity index (χ0) is 22.0. The van der Waals surface area contributed by atoms with Crippen molar-refractivity contribution in [2.45, 2.75) is 0 Å². The fraction of sp³-hybridized carbons (Fsp3) is 0. The Morgan fingerprint density at radius 1 is 0.903 bits per heavy atom. The predicted molar refractivity (Wildman–Crippen MR) is 114 cm³/mol. The number of halogens is 1. The summed E-state index contributed by atoms with van der Waals surface area (Å²) in [4.78, 5) is 38.6. The van der Waals surface area contributed by atoms with E-state index in [4.69, 9.17) is 0 Å². The molecule has 154 valence electrons. The van der Waals surface area contributed by atoms with Gasteiger partial charge in [0, 0.05) is 46.2 Å². The molecule has 0 atom stereocenters. The second-order valence-corrected chi connectivity index (χ2v) is 6.69. The first-order chi connectivity index (χ1) is 14.9. The van der Waals surface area contributed by atoms with Crippen LogP contribution in [0, 0.1) is 15.9 Å². The first kappa shape index (κ1) is 19.8. The predicted octanol–water partition coefficient (Wildman–Crippen LogP) is 4.72. The summed E-state index contributed by atoms with van der Waals surface area (Å²) in [6.45, 7) is 0. The highest BCUT2D eigenvalue weighted by molar-refractivity contribution is 6.13. The zero-order valence-corrected chi connectivity index (χ0v) is 15.9. The molecule has 8 nitrogen and oxygen atoms in total. The van der Waals surface area contributed by atoms with Crippen molar-refractivity contribution < 1.29 is 18.9 Å². The summed E-state index contributed by atoms with van der Waals surface area (Å²) in [7, 11) is 0. The van der Waals surface area contributed by atoms with Gasteiger partial charge in [0.1, 0.15) is 5.82 Å². The second kappa shape index (κ2) is 8.07. The lowest BCUT2D eigenvalue weighted by Gasteiger charge is -2.08. The molecule has 2 amide bonds. The number of nitro benzene ring substituents is 1. The normalized spacial score (nSPS) is 10.6. The maximum Gasteiger partial charge on any atom is 0.270 e. The van der Waals surface area contributed by atoms with Crippen LogP contribution in [-0.2, 0) is 0 Å². The van der Waals surface area contributed by atoms with Crippen LogP contribution in [0.2, 0.25) is 0 Å². The molecule has 0 fully saturated rings. The fourth-order valence-electron chi connectivity index (χ4n) is 3.12. The smallest absolute Gasteiger partial charge is 0.270 e. The average molecular weight is 418 g/mol. The van der Waals surface area contributed by atoms with Gasteiger partial charge in [0.05, 0.1) is 10.5 Å². The van der Waals surface area contributed by atoms with Crippen LogP contribution in [0.4, 0.5) is 21.5 Å². The van der Waals surface area contributed by atoms with Gasteiger partial charge < -0.3 is 15.6 Å². The lowest BCUT2D eigenvalue weighted by Crippen LogP contribution is -2.14. The number of non-ortho nitro benzene ring substituents is 1. The Balaban J connectivity index is 1.54. The van der Waals surface area contributed by atoms with E-state index in [-0.39, 0.29) is 16.8 Å². The van der Waals surface area contributed by atoms with Gasteiger partial charge in [-0.05, 0) is 42.5 Å². The van der Waals surface area contributed by atoms with E-state index in [9.17, 15) is 24.1 Å². The number of aromatic nitrogens is 1. The number of carbonyl (C=O) groups is 2. The fourth-order valence-corrected chi connectivity index (χ4v) is 3.12. The Morgan fingerprint density at radius 3 is 2.35 bits per heavy atom. The monoisotopic (exact) mass is 418 g/mol. The van der Waals surface area contributed by atoms with E-state index in [1.165, 1.54) is 48.7 Å². The van der Waals surface area contributed by atoms with Crippen molar-refractivity contribution in [1.29, 1.82) is 0 Å². The molecule has 0 radical (unpaired) electrons. The van der Waals surface area contributed by atoms with Crippen molar-refractivity contribution >= 4 is 39.8 Å².